The fourth-order valence-electron chi connectivity index (χ4n) is 6.11. The van der Waals surface area contributed by atoms with Crippen LogP contribution in [0.5, 0.6) is 0 Å². The molecular formula is C23H20F4N6O2. The third kappa shape index (κ3) is 3.15. The summed E-state index contributed by atoms with van der Waals surface area (Å²) in [5.41, 5.74) is -2.86. The van der Waals surface area contributed by atoms with Crippen molar-refractivity contribution >= 4 is 11.7 Å². The van der Waals surface area contributed by atoms with Crippen LogP contribution >= 0.6 is 0 Å². The van der Waals surface area contributed by atoms with Crippen molar-refractivity contribution in [2.75, 3.05) is 5.32 Å². The molecule has 6 rings (SSSR count). The number of carbonyl (C=O) groups excluding carboxylic acids is 1. The van der Waals surface area contributed by atoms with Crippen LogP contribution in [0.3, 0.4) is 0 Å². The molecule has 3 heterocycles. The van der Waals surface area contributed by atoms with Gasteiger partial charge in [0.25, 0.3) is 0 Å². The topological polar surface area (TPSA) is 97.0 Å². The van der Waals surface area contributed by atoms with Gasteiger partial charge in [-0.2, -0.15) is 13.2 Å². The molecule has 35 heavy (non-hydrogen) atoms. The number of rotatable bonds is 3. The van der Waals surface area contributed by atoms with E-state index in [2.05, 4.69) is 32.4 Å². The van der Waals surface area contributed by atoms with E-state index in [1.54, 1.807) is 11.8 Å². The number of anilines is 1. The summed E-state index contributed by atoms with van der Waals surface area (Å²) in [6.07, 6.45) is -0.718. The Hall–Kier alpha value is -3.57. The lowest BCUT2D eigenvalue weighted by Gasteiger charge is -2.50. The molecule has 1 saturated heterocycles. The largest absolute Gasteiger partial charge is 0.423 e. The monoisotopic (exact) mass is 488 g/mol. The highest BCUT2D eigenvalue weighted by atomic mass is 19.4. The second-order valence-electron chi connectivity index (χ2n) is 9.52. The summed E-state index contributed by atoms with van der Waals surface area (Å²) < 4.78 is 61.5. The van der Waals surface area contributed by atoms with E-state index in [1.165, 1.54) is 18.5 Å². The highest BCUT2D eigenvalue weighted by Gasteiger charge is 2.82. The van der Waals surface area contributed by atoms with E-state index in [9.17, 15) is 22.4 Å². The van der Waals surface area contributed by atoms with Crippen LogP contribution in [0, 0.1) is 30.5 Å². The number of hydrogen-bond acceptors (Lipinski definition) is 6. The molecule has 2 aliphatic carbocycles. The summed E-state index contributed by atoms with van der Waals surface area (Å²) >= 11 is 0. The molecule has 3 aromatic rings. The molecule has 0 radical (unpaired) electrons. The molecule has 1 aliphatic heterocycles. The zero-order valence-electron chi connectivity index (χ0n) is 18.7. The summed E-state index contributed by atoms with van der Waals surface area (Å²) in [5, 5.41) is 10.6. The normalized spacial score (nSPS) is 28.8. The number of amides is 2. The second-order valence-corrected chi connectivity index (χ2v) is 9.52. The fourth-order valence-corrected chi connectivity index (χ4v) is 6.11. The molecule has 2 unspecified atom stereocenters. The molecule has 3 aliphatic rings. The Morgan fingerprint density at radius 1 is 1.23 bits per heavy atom. The number of urea groups is 1. The van der Waals surface area contributed by atoms with Gasteiger partial charge in [0.1, 0.15) is 11.4 Å². The molecule has 2 amide bonds. The Balaban J connectivity index is 1.37. The Morgan fingerprint density at radius 3 is 2.63 bits per heavy atom. The highest BCUT2D eigenvalue weighted by molar-refractivity contribution is 5.93. The number of fused-ring (bicyclic) bond motifs is 1. The minimum atomic E-state index is -4.84. The summed E-state index contributed by atoms with van der Waals surface area (Å²) in [6, 6.07) is 2.05. The number of aromatic nitrogens is 4. The first-order chi connectivity index (χ1) is 16.6. The van der Waals surface area contributed by atoms with Crippen LogP contribution in [0.25, 0.3) is 11.4 Å². The van der Waals surface area contributed by atoms with Gasteiger partial charge in [-0.25, -0.2) is 19.2 Å². The van der Waals surface area contributed by atoms with Crippen LogP contribution in [0.2, 0.25) is 0 Å². The van der Waals surface area contributed by atoms with Gasteiger partial charge >= 0.3 is 12.2 Å². The molecule has 3 fully saturated rings. The van der Waals surface area contributed by atoms with Crippen LogP contribution in [-0.2, 0) is 11.7 Å². The average molecular weight is 488 g/mol. The lowest BCUT2D eigenvalue weighted by molar-refractivity contribution is -0.137. The molecule has 0 bridgehead atoms. The van der Waals surface area contributed by atoms with Crippen molar-refractivity contribution in [1.29, 1.82) is 0 Å². The maximum absolute atomic E-state index is 14.9. The van der Waals surface area contributed by atoms with Crippen molar-refractivity contribution in [3.8, 4) is 11.4 Å². The molecular weight excluding hydrogens is 468 g/mol. The van der Waals surface area contributed by atoms with Gasteiger partial charge in [-0.1, -0.05) is 6.92 Å². The molecule has 1 aromatic carbocycles. The number of likely N-dealkylation sites (tertiary alicyclic amines) is 1. The number of nitrogens with zero attached hydrogens (tertiary/aromatic N) is 5. The number of alkyl halides is 3. The smallest absolute Gasteiger partial charge is 0.417 e. The SMILES string of the molecule is Cc1nnc(C23C[C@@H](C)C[C@H]4C([C@H]42)N3C(=O)Nc2cc(-c3ncccn3)c(C(F)(F)F)cc2F)o1. The minimum Gasteiger partial charge on any atom is -0.423 e. The third-order valence-corrected chi connectivity index (χ3v) is 7.32. The van der Waals surface area contributed by atoms with E-state index in [-0.39, 0.29) is 23.7 Å². The van der Waals surface area contributed by atoms with E-state index in [0.717, 1.165) is 12.5 Å². The Kier molecular flexibility index (Phi) is 4.52. The van der Waals surface area contributed by atoms with Crippen LogP contribution in [0.1, 0.15) is 37.1 Å². The zero-order valence-corrected chi connectivity index (χ0v) is 18.7. The summed E-state index contributed by atoms with van der Waals surface area (Å²) in [5.74, 6) is 0.0104. The third-order valence-electron chi connectivity index (χ3n) is 7.32. The first-order valence-electron chi connectivity index (χ1n) is 11.2. The van der Waals surface area contributed by atoms with Crippen molar-refractivity contribution in [2.24, 2.45) is 17.8 Å². The maximum Gasteiger partial charge on any atom is 0.417 e. The first-order valence-corrected chi connectivity index (χ1v) is 11.2. The molecule has 2 aromatic heterocycles. The molecule has 5 atom stereocenters. The second kappa shape index (κ2) is 7.22. The predicted octanol–water partition coefficient (Wildman–Crippen LogP) is 4.78. The van der Waals surface area contributed by atoms with Gasteiger partial charge in [0.15, 0.2) is 5.82 Å². The van der Waals surface area contributed by atoms with Crippen molar-refractivity contribution in [1.82, 2.24) is 25.1 Å². The zero-order chi connectivity index (χ0) is 24.7. The summed E-state index contributed by atoms with van der Waals surface area (Å²) in [4.78, 5) is 22.8. The lowest BCUT2D eigenvalue weighted by atomic mass is 9.72. The number of carbonyl (C=O) groups is 1. The van der Waals surface area contributed by atoms with Gasteiger partial charge in [0.05, 0.1) is 11.3 Å². The molecule has 1 N–H and O–H groups in total. The van der Waals surface area contributed by atoms with Gasteiger partial charge in [-0.15, -0.1) is 10.2 Å². The number of benzene rings is 1. The number of halogens is 4. The molecule has 8 nitrogen and oxygen atoms in total. The Labute approximate surface area is 196 Å². The molecule has 0 spiro atoms. The van der Waals surface area contributed by atoms with Crippen molar-refractivity contribution in [2.45, 2.75) is 44.4 Å². The number of aryl methyl sites for hydroxylation is 1. The quantitative estimate of drug-likeness (QED) is 0.533. The van der Waals surface area contributed by atoms with Crippen LogP contribution < -0.4 is 5.32 Å². The van der Waals surface area contributed by atoms with E-state index in [0.29, 0.717) is 30.2 Å². The van der Waals surface area contributed by atoms with E-state index in [4.69, 9.17) is 4.42 Å². The Bertz CT molecular complexity index is 1330. The van der Waals surface area contributed by atoms with Crippen molar-refractivity contribution in [3.63, 3.8) is 0 Å². The maximum atomic E-state index is 14.9. The highest BCUT2D eigenvalue weighted by Crippen LogP contribution is 2.74. The number of hydrogen-bond donors (Lipinski definition) is 1. The molecule has 2 saturated carbocycles. The van der Waals surface area contributed by atoms with Crippen molar-refractivity contribution in [3.05, 3.63) is 53.8 Å². The lowest BCUT2D eigenvalue weighted by Crippen LogP contribution is -2.63. The molecule has 182 valence electrons. The van der Waals surface area contributed by atoms with E-state index < -0.39 is 40.4 Å². The number of nitrogens with one attached hydrogen (secondary N) is 1. The Morgan fingerprint density at radius 2 is 1.97 bits per heavy atom. The fraction of sp³-hybridized carbons (Fsp3) is 0.435. The average Bonchev–Trinajstić information content (AvgIpc) is 3.28. The summed E-state index contributed by atoms with van der Waals surface area (Å²) in [6.45, 7) is 3.75. The van der Waals surface area contributed by atoms with Gasteiger partial charge in [-0.3, -0.25) is 0 Å². The summed E-state index contributed by atoms with van der Waals surface area (Å²) in [7, 11) is 0. The van der Waals surface area contributed by atoms with Crippen LogP contribution in [0.4, 0.5) is 28.0 Å². The van der Waals surface area contributed by atoms with Crippen molar-refractivity contribution < 1.29 is 26.8 Å². The van der Waals surface area contributed by atoms with Crippen LogP contribution in [-0.4, -0.2) is 37.1 Å². The predicted molar refractivity (Wildman–Crippen MR) is 113 cm³/mol. The van der Waals surface area contributed by atoms with E-state index >= 15 is 0 Å². The molecule has 12 heteroatoms. The van der Waals surface area contributed by atoms with E-state index in [1.807, 2.05) is 0 Å². The van der Waals surface area contributed by atoms with Crippen LogP contribution in [0.15, 0.2) is 35.0 Å². The first kappa shape index (κ1) is 21.9. The van der Waals surface area contributed by atoms with Gasteiger partial charge in [-0.05, 0) is 42.9 Å². The van der Waals surface area contributed by atoms with Gasteiger partial charge in [0.2, 0.25) is 11.8 Å². The van der Waals surface area contributed by atoms with Gasteiger partial charge in [0, 0.05) is 36.8 Å². The van der Waals surface area contributed by atoms with Gasteiger partial charge < -0.3 is 14.6 Å². The standard InChI is InChI=1S/C23H20F4N6O2/c1-10-6-13-17-18(13)33(22(17,9-10)20-32-31-11(2)35-20)21(34)30-16-7-12(19-28-4-3-5-29-19)14(8-15(16)24)23(25,26)27/h3-5,7-8,10,13,17-18H,6,9H2,1-2H3,(H,30,34)/t10-,13+,17-,18?,22?/m0/s1. The minimum absolute atomic E-state index is 0.0541.